The topological polar surface area (TPSA) is 110 Å². The molecule has 0 aromatic carbocycles. The van der Waals surface area contributed by atoms with Crippen molar-refractivity contribution < 1.29 is 12.8 Å². The van der Waals surface area contributed by atoms with Crippen LogP contribution in [0.15, 0.2) is 41.7 Å². The Hall–Kier alpha value is -2.26. The van der Waals surface area contributed by atoms with E-state index in [1.807, 2.05) is 0 Å². The van der Waals surface area contributed by atoms with Crippen LogP contribution in [0.1, 0.15) is 0 Å². The normalized spacial score (nSPS) is 11.1. The maximum absolute atomic E-state index is 12.7. The van der Waals surface area contributed by atoms with Crippen LogP contribution in [-0.2, 0) is 10.0 Å². The van der Waals surface area contributed by atoms with Crippen LogP contribution in [0.4, 0.5) is 15.9 Å². The van der Waals surface area contributed by atoms with E-state index in [0.29, 0.717) is 0 Å². The molecule has 0 radical (unpaired) electrons. The first kappa shape index (κ1) is 13.2. The highest BCUT2D eigenvalue weighted by Crippen LogP contribution is 2.19. The molecule has 0 spiro atoms. The van der Waals surface area contributed by atoms with Crippen molar-refractivity contribution in [2.45, 2.75) is 5.03 Å². The highest BCUT2D eigenvalue weighted by atomic mass is 32.2. The summed E-state index contributed by atoms with van der Waals surface area (Å²) in [4.78, 5) is 7.34. The van der Waals surface area contributed by atoms with E-state index in [1.54, 1.807) is 0 Å². The van der Waals surface area contributed by atoms with Crippen LogP contribution in [0.3, 0.4) is 0 Å². The van der Waals surface area contributed by atoms with E-state index < -0.39 is 15.8 Å². The summed E-state index contributed by atoms with van der Waals surface area (Å²) in [5, 5.41) is -0.274. The Morgan fingerprint density at radius 2 is 2.00 bits per heavy atom. The zero-order valence-corrected chi connectivity index (χ0v) is 10.4. The third-order valence-corrected chi connectivity index (χ3v) is 3.46. The molecule has 2 heterocycles. The Bertz CT molecular complexity index is 675. The van der Waals surface area contributed by atoms with Crippen LogP contribution in [-0.4, -0.2) is 18.4 Å². The number of hydrogen-bond acceptors (Lipinski definition) is 6. The van der Waals surface area contributed by atoms with Crippen LogP contribution in [0.25, 0.3) is 0 Å². The van der Waals surface area contributed by atoms with Gasteiger partial charge in [-0.1, -0.05) is 0 Å². The monoisotopic (exact) mass is 283 g/mol. The number of hydrazine groups is 1. The summed E-state index contributed by atoms with van der Waals surface area (Å²) in [5.41, 5.74) is 2.37. The molecule has 0 fully saturated rings. The molecule has 2 rings (SSSR count). The van der Waals surface area contributed by atoms with Gasteiger partial charge in [0.2, 0.25) is 5.03 Å². The fourth-order valence-electron chi connectivity index (χ4n) is 1.34. The molecule has 4 N–H and O–H groups in total. The lowest BCUT2D eigenvalue weighted by atomic mass is 10.4. The van der Waals surface area contributed by atoms with E-state index in [-0.39, 0.29) is 16.5 Å². The average molecular weight is 283 g/mol. The van der Waals surface area contributed by atoms with Crippen LogP contribution in [0, 0.1) is 5.82 Å². The van der Waals surface area contributed by atoms with Gasteiger partial charge in [0.25, 0.3) is 10.0 Å². The van der Waals surface area contributed by atoms with Gasteiger partial charge < -0.3 is 5.43 Å². The minimum absolute atomic E-state index is 0.0185. The van der Waals surface area contributed by atoms with Crippen molar-refractivity contribution in [3.8, 4) is 0 Å². The summed E-state index contributed by atoms with van der Waals surface area (Å²) in [5.74, 6) is 4.63. The largest absolute Gasteiger partial charge is 0.321 e. The molecule has 0 aliphatic rings. The van der Waals surface area contributed by atoms with Gasteiger partial charge in [-0.25, -0.2) is 14.4 Å². The van der Waals surface area contributed by atoms with E-state index in [0.717, 1.165) is 12.3 Å². The molecule has 7 nitrogen and oxygen atoms in total. The second-order valence-electron chi connectivity index (χ2n) is 3.47. The van der Waals surface area contributed by atoms with E-state index in [4.69, 9.17) is 5.84 Å². The third kappa shape index (κ3) is 2.95. The molecular formula is C10H10FN5O2S. The standard InChI is InChI=1S/C10H10FN5O2S/c11-7-3-4-9(14-6-7)16-19(17,18)10-8(15-12)2-1-5-13-10/h1-6,15H,12H2,(H,14,16). The predicted molar refractivity (Wildman–Crippen MR) is 67.1 cm³/mol. The van der Waals surface area contributed by atoms with E-state index in [9.17, 15) is 12.8 Å². The van der Waals surface area contributed by atoms with Crippen LogP contribution < -0.4 is 16.0 Å². The molecule has 0 aliphatic carbocycles. The van der Waals surface area contributed by atoms with Gasteiger partial charge in [-0.05, 0) is 24.3 Å². The molecule has 2 aromatic heterocycles. The molecule has 0 unspecified atom stereocenters. The van der Waals surface area contributed by atoms with Crippen molar-refractivity contribution in [2.24, 2.45) is 5.84 Å². The minimum atomic E-state index is -3.96. The molecule has 9 heteroatoms. The van der Waals surface area contributed by atoms with Gasteiger partial charge in [-0.15, -0.1) is 0 Å². The number of nitrogens with zero attached hydrogens (tertiary/aromatic N) is 2. The van der Waals surface area contributed by atoms with Gasteiger partial charge in [-0.2, -0.15) is 8.42 Å². The third-order valence-electron chi connectivity index (χ3n) is 2.15. The van der Waals surface area contributed by atoms with Gasteiger partial charge in [0.15, 0.2) is 0 Å². The van der Waals surface area contributed by atoms with Gasteiger partial charge in [0.1, 0.15) is 11.6 Å². The summed E-state index contributed by atoms with van der Waals surface area (Å²) in [6, 6.07) is 5.28. The molecule has 100 valence electrons. The molecular weight excluding hydrogens is 273 g/mol. The summed E-state index contributed by atoms with van der Waals surface area (Å²) >= 11 is 0. The predicted octanol–water partition coefficient (Wildman–Crippen LogP) is 0.702. The first-order valence-corrected chi connectivity index (χ1v) is 6.57. The number of nitrogens with one attached hydrogen (secondary N) is 2. The van der Waals surface area contributed by atoms with Gasteiger partial charge >= 0.3 is 0 Å². The Morgan fingerprint density at radius 3 is 2.63 bits per heavy atom. The number of nitrogens with two attached hydrogens (primary N) is 1. The fourth-order valence-corrected chi connectivity index (χ4v) is 2.45. The average Bonchev–Trinajstić information content (AvgIpc) is 2.41. The van der Waals surface area contributed by atoms with E-state index in [1.165, 1.54) is 24.4 Å². The maximum atomic E-state index is 12.7. The molecule has 0 amide bonds. The first-order valence-electron chi connectivity index (χ1n) is 5.09. The second-order valence-corrected chi connectivity index (χ2v) is 5.07. The zero-order valence-electron chi connectivity index (χ0n) is 9.54. The van der Waals surface area contributed by atoms with Gasteiger partial charge in [0, 0.05) is 6.20 Å². The lowest BCUT2D eigenvalue weighted by molar-refractivity contribution is 0.597. The zero-order chi connectivity index (χ0) is 13.9. The van der Waals surface area contributed by atoms with Gasteiger partial charge in [0.05, 0.1) is 11.9 Å². The molecule has 0 aliphatic heterocycles. The lowest BCUT2D eigenvalue weighted by Crippen LogP contribution is -2.19. The summed E-state index contributed by atoms with van der Waals surface area (Å²) in [7, 11) is -3.96. The van der Waals surface area contributed by atoms with E-state index in [2.05, 4.69) is 20.1 Å². The number of pyridine rings is 2. The minimum Gasteiger partial charge on any atom is -0.321 e. The summed E-state index contributed by atoms with van der Waals surface area (Å²) < 4.78 is 39.0. The number of halogens is 1. The SMILES string of the molecule is NNc1cccnc1S(=O)(=O)Nc1ccc(F)cn1. The van der Waals surface area contributed by atoms with Crippen molar-refractivity contribution in [2.75, 3.05) is 10.1 Å². The highest BCUT2D eigenvalue weighted by Gasteiger charge is 2.20. The van der Waals surface area contributed by atoms with Crippen LogP contribution in [0.5, 0.6) is 0 Å². The van der Waals surface area contributed by atoms with Crippen molar-refractivity contribution in [1.82, 2.24) is 9.97 Å². The Kier molecular flexibility index (Phi) is 3.58. The van der Waals surface area contributed by atoms with Gasteiger partial charge in [-0.3, -0.25) is 10.6 Å². The summed E-state index contributed by atoms with van der Waals surface area (Å²) in [6.45, 7) is 0. The maximum Gasteiger partial charge on any atom is 0.282 e. The highest BCUT2D eigenvalue weighted by molar-refractivity contribution is 7.92. The smallest absolute Gasteiger partial charge is 0.282 e. The fraction of sp³-hybridized carbons (Fsp3) is 0. The quantitative estimate of drug-likeness (QED) is 0.563. The number of sulfonamides is 1. The first-order chi connectivity index (χ1) is 9.03. The number of aromatic nitrogens is 2. The second kappa shape index (κ2) is 5.16. The van der Waals surface area contributed by atoms with E-state index >= 15 is 0 Å². The molecule has 0 saturated carbocycles. The number of hydrogen-bond donors (Lipinski definition) is 3. The number of nitrogen functional groups attached to an aromatic ring is 1. The van der Waals surface area contributed by atoms with Crippen LogP contribution in [0.2, 0.25) is 0 Å². The number of anilines is 2. The van der Waals surface area contributed by atoms with Crippen molar-refractivity contribution in [1.29, 1.82) is 0 Å². The Morgan fingerprint density at radius 1 is 1.21 bits per heavy atom. The van der Waals surface area contributed by atoms with Crippen molar-refractivity contribution >= 4 is 21.5 Å². The van der Waals surface area contributed by atoms with Crippen molar-refractivity contribution in [3.63, 3.8) is 0 Å². The molecule has 19 heavy (non-hydrogen) atoms. The molecule has 2 aromatic rings. The van der Waals surface area contributed by atoms with Crippen molar-refractivity contribution in [3.05, 3.63) is 42.5 Å². The number of rotatable bonds is 4. The summed E-state index contributed by atoms with van der Waals surface area (Å²) in [6.07, 6.45) is 2.21. The van der Waals surface area contributed by atoms with Crippen LogP contribution >= 0.6 is 0 Å². The lowest BCUT2D eigenvalue weighted by Gasteiger charge is -2.09. The molecule has 0 saturated heterocycles. The Labute approximate surface area is 108 Å². The Balaban J connectivity index is 2.35. The molecule has 0 atom stereocenters. The molecule has 0 bridgehead atoms.